The van der Waals surface area contributed by atoms with Crippen molar-refractivity contribution in [1.29, 1.82) is 0 Å². The lowest BCUT2D eigenvalue weighted by atomic mass is 10.2. The number of hydrogen-bond acceptors (Lipinski definition) is 2. The van der Waals surface area contributed by atoms with Gasteiger partial charge in [-0.2, -0.15) is 0 Å². The van der Waals surface area contributed by atoms with Crippen LogP contribution in [0.15, 0.2) is 24.3 Å². The first kappa shape index (κ1) is 12.6. The van der Waals surface area contributed by atoms with E-state index in [0.29, 0.717) is 19.6 Å². The SMILES string of the molecule is CCN(CC)C(=O)C(=O)N1CCc2ccccc21. The summed E-state index contributed by atoms with van der Waals surface area (Å²) in [5.74, 6) is -0.819. The van der Waals surface area contributed by atoms with Crippen LogP contribution < -0.4 is 4.90 Å². The van der Waals surface area contributed by atoms with E-state index < -0.39 is 11.8 Å². The summed E-state index contributed by atoms with van der Waals surface area (Å²) in [6, 6.07) is 7.76. The van der Waals surface area contributed by atoms with Gasteiger partial charge in [-0.1, -0.05) is 18.2 Å². The first-order chi connectivity index (χ1) is 8.69. The number of likely N-dealkylation sites (N-methyl/N-ethyl adjacent to an activating group) is 1. The van der Waals surface area contributed by atoms with E-state index >= 15 is 0 Å². The minimum atomic E-state index is -0.413. The minimum Gasteiger partial charge on any atom is -0.335 e. The van der Waals surface area contributed by atoms with Crippen LogP contribution in [0.25, 0.3) is 0 Å². The van der Waals surface area contributed by atoms with Crippen LogP contribution in [0, 0.1) is 0 Å². The standard InChI is InChI=1S/C14H18N2O2/c1-3-15(4-2)13(17)14(18)16-10-9-11-7-5-6-8-12(11)16/h5-8H,3-4,9-10H2,1-2H3. The van der Waals surface area contributed by atoms with E-state index in [0.717, 1.165) is 17.7 Å². The Morgan fingerprint density at radius 2 is 1.89 bits per heavy atom. The molecule has 1 aromatic carbocycles. The van der Waals surface area contributed by atoms with E-state index in [9.17, 15) is 9.59 Å². The van der Waals surface area contributed by atoms with Crippen LogP contribution in [0.4, 0.5) is 5.69 Å². The van der Waals surface area contributed by atoms with E-state index in [1.807, 2.05) is 38.1 Å². The summed E-state index contributed by atoms with van der Waals surface area (Å²) in [6.07, 6.45) is 0.827. The van der Waals surface area contributed by atoms with Crippen LogP contribution in [0.2, 0.25) is 0 Å². The summed E-state index contributed by atoms with van der Waals surface area (Å²) >= 11 is 0. The predicted molar refractivity (Wildman–Crippen MR) is 70.4 cm³/mol. The van der Waals surface area contributed by atoms with Crippen LogP contribution in [0.5, 0.6) is 0 Å². The smallest absolute Gasteiger partial charge is 0.316 e. The Bertz CT molecular complexity index is 467. The molecule has 0 N–H and O–H groups in total. The van der Waals surface area contributed by atoms with Crippen LogP contribution in [0.3, 0.4) is 0 Å². The summed E-state index contributed by atoms with van der Waals surface area (Å²) < 4.78 is 0. The third-order valence-electron chi connectivity index (χ3n) is 3.37. The van der Waals surface area contributed by atoms with E-state index in [4.69, 9.17) is 0 Å². The number of para-hydroxylation sites is 1. The third kappa shape index (κ3) is 2.10. The molecule has 0 saturated heterocycles. The average molecular weight is 246 g/mol. The second-order valence-electron chi connectivity index (χ2n) is 4.31. The van der Waals surface area contributed by atoms with Crippen molar-refractivity contribution >= 4 is 17.5 Å². The topological polar surface area (TPSA) is 40.6 Å². The number of benzene rings is 1. The maximum Gasteiger partial charge on any atom is 0.316 e. The summed E-state index contributed by atoms with van der Waals surface area (Å²) in [4.78, 5) is 27.4. The Balaban J connectivity index is 2.19. The highest BCUT2D eigenvalue weighted by molar-refractivity contribution is 6.40. The summed E-state index contributed by atoms with van der Waals surface area (Å²) in [5, 5.41) is 0. The lowest BCUT2D eigenvalue weighted by Gasteiger charge is -2.22. The van der Waals surface area contributed by atoms with Gasteiger partial charge in [0.05, 0.1) is 0 Å². The van der Waals surface area contributed by atoms with Crippen LogP contribution in [-0.2, 0) is 16.0 Å². The van der Waals surface area contributed by atoms with Gasteiger partial charge in [0.25, 0.3) is 0 Å². The number of anilines is 1. The zero-order chi connectivity index (χ0) is 13.1. The molecule has 1 aliphatic rings. The summed E-state index contributed by atoms with van der Waals surface area (Å²) in [7, 11) is 0. The fourth-order valence-corrected chi connectivity index (χ4v) is 2.31. The molecular weight excluding hydrogens is 228 g/mol. The number of hydrogen-bond donors (Lipinski definition) is 0. The molecule has 0 aliphatic carbocycles. The van der Waals surface area contributed by atoms with E-state index in [-0.39, 0.29) is 0 Å². The average Bonchev–Trinajstić information content (AvgIpc) is 2.83. The lowest BCUT2D eigenvalue weighted by Crippen LogP contribution is -2.44. The fraction of sp³-hybridized carbons (Fsp3) is 0.429. The second kappa shape index (κ2) is 5.21. The monoisotopic (exact) mass is 246 g/mol. The summed E-state index contributed by atoms with van der Waals surface area (Å²) in [6.45, 7) is 5.50. The normalized spacial score (nSPS) is 13.3. The Morgan fingerprint density at radius 1 is 1.22 bits per heavy atom. The summed E-state index contributed by atoms with van der Waals surface area (Å²) in [5.41, 5.74) is 2.02. The molecule has 0 radical (unpaired) electrons. The number of carbonyl (C=O) groups is 2. The molecule has 2 rings (SSSR count). The van der Waals surface area contributed by atoms with Gasteiger partial charge in [0, 0.05) is 25.3 Å². The van der Waals surface area contributed by atoms with Gasteiger partial charge in [0.1, 0.15) is 0 Å². The quantitative estimate of drug-likeness (QED) is 0.741. The zero-order valence-electron chi connectivity index (χ0n) is 10.8. The van der Waals surface area contributed by atoms with E-state index in [1.54, 1.807) is 9.80 Å². The van der Waals surface area contributed by atoms with Crippen molar-refractivity contribution in [3.05, 3.63) is 29.8 Å². The minimum absolute atomic E-state index is 0.406. The van der Waals surface area contributed by atoms with Gasteiger partial charge in [0.2, 0.25) is 0 Å². The molecule has 1 aromatic rings. The van der Waals surface area contributed by atoms with Crippen molar-refractivity contribution in [1.82, 2.24) is 4.90 Å². The van der Waals surface area contributed by atoms with Gasteiger partial charge in [-0.25, -0.2) is 0 Å². The highest BCUT2D eigenvalue weighted by atomic mass is 16.2. The Kier molecular flexibility index (Phi) is 3.65. The van der Waals surface area contributed by atoms with E-state index in [1.165, 1.54) is 0 Å². The van der Waals surface area contributed by atoms with Crippen LogP contribution in [0.1, 0.15) is 19.4 Å². The molecule has 4 heteroatoms. The van der Waals surface area contributed by atoms with Crippen molar-refractivity contribution in [2.75, 3.05) is 24.5 Å². The zero-order valence-corrected chi connectivity index (χ0v) is 10.8. The molecule has 0 saturated carbocycles. The lowest BCUT2D eigenvalue weighted by molar-refractivity contribution is -0.144. The van der Waals surface area contributed by atoms with Gasteiger partial charge < -0.3 is 9.80 Å². The van der Waals surface area contributed by atoms with Gasteiger partial charge in [0.15, 0.2) is 0 Å². The van der Waals surface area contributed by atoms with Gasteiger partial charge >= 0.3 is 11.8 Å². The van der Waals surface area contributed by atoms with Crippen molar-refractivity contribution in [3.8, 4) is 0 Å². The predicted octanol–water partition coefficient (Wildman–Crippen LogP) is 1.44. The molecular formula is C14H18N2O2. The highest BCUT2D eigenvalue weighted by Gasteiger charge is 2.30. The Labute approximate surface area is 107 Å². The maximum atomic E-state index is 12.2. The first-order valence-electron chi connectivity index (χ1n) is 6.37. The van der Waals surface area contributed by atoms with Crippen LogP contribution in [-0.4, -0.2) is 36.3 Å². The Morgan fingerprint density at radius 3 is 2.56 bits per heavy atom. The molecule has 2 amide bonds. The second-order valence-corrected chi connectivity index (χ2v) is 4.31. The molecule has 0 aromatic heterocycles. The molecule has 1 aliphatic heterocycles. The molecule has 4 nitrogen and oxygen atoms in total. The molecule has 1 heterocycles. The van der Waals surface area contributed by atoms with Crippen molar-refractivity contribution in [3.63, 3.8) is 0 Å². The molecule has 0 atom stereocenters. The highest BCUT2D eigenvalue weighted by Crippen LogP contribution is 2.27. The number of amides is 2. The van der Waals surface area contributed by atoms with Gasteiger partial charge in [-0.05, 0) is 31.9 Å². The van der Waals surface area contributed by atoms with Crippen molar-refractivity contribution in [2.45, 2.75) is 20.3 Å². The largest absolute Gasteiger partial charge is 0.335 e. The number of fused-ring (bicyclic) bond motifs is 1. The van der Waals surface area contributed by atoms with Crippen LogP contribution >= 0.6 is 0 Å². The van der Waals surface area contributed by atoms with Gasteiger partial charge in [-0.15, -0.1) is 0 Å². The number of carbonyl (C=O) groups excluding carboxylic acids is 2. The number of rotatable bonds is 2. The molecule has 0 fully saturated rings. The molecule has 0 bridgehead atoms. The molecule has 96 valence electrons. The van der Waals surface area contributed by atoms with Crippen molar-refractivity contribution < 1.29 is 9.59 Å². The first-order valence-corrected chi connectivity index (χ1v) is 6.37. The molecule has 0 unspecified atom stereocenters. The maximum absolute atomic E-state index is 12.2. The van der Waals surface area contributed by atoms with E-state index in [2.05, 4.69) is 0 Å². The molecule has 18 heavy (non-hydrogen) atoms. The fourth-order valence-electron chi connectivity index (χ4n) is 2.31. The Hall–Kier alpha value is -1.84. The van der Waals surface area contributed by atoms with Gasteiger partial charge in [-0.3, -0.25) is 9.59 Å². The molecule has 0 spiro atoms. The number of nitrogens with zero attached hydrogens (tertiary/aromatic N) is 2. The third-order valence-corrected chi connectivity index (χ3v) is 3.37. The van der Waals surface area contributed by atoms with Crippen molar-refractivity contribution in [2.24, 2.45) is 0 Å².